The van der Waals surface area contributed by atoms with Crippen molar-refractivity contribution in [2.24, 2.45) is 0 Å². The summed E-state index contributed by atoms with van der Waals surface area (Å²) in [5.74, 6) is 1.90. The van der Waals surface area contributed by atoms with Crippen LogP contribution in [0, 0.1) is 0 Å². The molecule has 1 atom stereocenters. The number of hydrogen-bond donors (Lipinski definition) is 3. The molecule has 1 saturated heterocycles. The van der Waals surface area contributed by atoms with Crippen molar-refractivity contribution < 1.29 is 9.90 Å². The number of thioether (sulfide) groups is 1. The maximum Gasteiger partial charge on any atom is 0.238 e. The molecule has 1 aliphatic rings. The first-order chi connectivity index (χ1) is 7.61. The van der Waals surface area contributed by atoms with E-state index in [0.29, 0.717) is 19.4 Å². The Bertz CT molecular complexity index is 226. The number of aliphatic hydroxyl groups is 1. The Balaban J connectivity index is 2.33. The Morgan fingerprint density at radius 2 is 2.25 bits per heavy atom. The second-order valence-electron chi connectivity index (χ2n) is 4.23. The largest absolute Gasteiger partial charge is 0.388 e. The molecule has 1 unspecified atom stereocenters. The van der Waals surface area contributed by atoms with Gasteiger partial charge in [-0.2, -0.15) is 11.8 Å². The highest BCUT2D eigenvalue weighted by atomic mass is 32.2. The first kappa shape index (κ1) is 13.8. The molecule has 0 spiro atoms. The molecule has 0 aliphatic carbocycles. The molecule has 1 rings (SSSR count). The van der Waals surface area contributed by atoms with Crippen molar-refractivity contribution in [1.29, 1.82) is 0 Å². The molecule has 4 nitrogen and oxygen atoms in total. The van der Waals surface area contributed by atoms with Gasteiger partial charge in [0.25, 0.3) is 0 Å². The highest BCUT2D eigenvalue weighted by Gasteiger charge is 2.26. The van der Waals surface area contributed by atoms with Crippen LogP contribution in [0.1, 0.15) is 26.7 Å². The van der Waals surface area contributed by atoms with Crippen LogP contribution in [-0.4, -0.2) is 47.3 Å². The Morgan fingerprint density at radius 1 is 1.56 bits per heavy atom. The van der Waals surface area contributed by atoms with E-state index in [4.69, 9.17) is 0 Å². The SMILES string of the molecule is CCC(O)(CC)CNC(=O)C1CSCCN1. The highest BCUT2D eigenvalue weighted by Crippen LogP contribution is 2.13. The molecule has 94 valence electrons. The summed E-state index contributed by atoms with van der Waals surface area (Å²) in [6.45, 7) is 5.10. The van der Waals surface area contributed by atoms with Gasteiger partial charge < -0.3 is 15.7 Å². The topological polar surface area (TPSA) is 61.4 Å². The van der Waals surface area contributed by atoms with E-state index < -0.39 is 5.60 Å². The van der Waals surface area contributed by atoms with Gasteiger partial charge in [0.05, 0.1) is 11.6 Å². The molecule has 1 fully saturated rings. The van der Waals surface area contributed by atoms with Crippen LogP contribution in [0.3, 0.4) is 0 Å². The molecule has 1 heterocycles. The van der Waals surface area contributed by atoms with E-state index in [2.05, 4.69) is 10.6 Å². The molecule has 0 bridgehead atoms. The summed E-state index contributed by atoms with van der Waals surface area (Å²) in [5.41, 5.74) is -0.753. The summed E-state index contributed by atoms with van der Waals surface area (Å²) in [5, 5.41) is 16.0. The lowest BCUT2D eigenvalue weighted by Crippen LogP contribution is -2.52. The van der Waals surface area contributed by atoms with Crippen LogP contribution in [0.15, 0.2) is 0 Å². The lowest BCUT2D eigenvalue weighted by molar-refractivity contribution is -0.124. The molecule has 0 saturated carbocycles. The van der Waals surface area contributed by atoms with Crippen LogP contribution < -0.4 is 10.6 Å². The fourth-order valence-electron chi connectivity index (χ4n) is 1.61. The molecule has 0 aromatic rings. The quantitative estimate of drug-likeness (QED) is 0.655. The predicted octanol–water partition coefficient (Wildman–Crippen LogP) is 0.359. The minimum Gasteiger partial charge on any atom is -0.388 e. The normalized spacial score (nSPS) is 21.8. The zero-order valence-electron chi connectivity index (χ0n) is 10.1. The van der Waals surface area contributed by atoms with Gasteiger partial charge >= 0.3 is 0 Å². The summed E-state index contributed by atoms with van der Waals surface area (Å²) < 4.78 is 0. The van der Waals surface area contributed by atoms with Crippen LogP contribution in [-0.2, 0) is 4.79 Å². The van der Waals surface area contributed by atoms with E-state index in [-0.39, 0.29) is 11.9 Å². The third kappa shape index (κ3) is 3.96. The Morgan fingerprint density at radius 3 is 2.75 bits per heavy atom. The van der Waals surface area contributed by atoms with E-state index in [9.17, 15) is 9.90 Å². The molecule has 1 aliphatic heterocycles. The fourth-order valence-corrected chi connectivity index (χ4v) is 2.54. The summed E-state index contributed by atoms with van der Waals surface area (Å²) in [6, 6.07) is -0.100. The van der Waals surface area contributed by atoms with Crippen LogP contribution in [0.2, 0.25) is 0 Å². The standard InChI is InChI=1S/C11H22N2O2S/c1-3-11(15,4-2)8-13-10(14)9-7-16-6-5-12-9/h9,12,15H,3-8H2,1-2H3,(H,13,14). The molecular weight excluding hydrogens is 224 g/mol. The summed E-state index contributed by atoms with van der Waals surface area (Å²) in [4.78, 5) is 11.8. The number of carbonyl (C=O) groups excluding carboxylic acids is 1. The van der Waals surface area contributed by atoms with Crippen molar-refractivity contribution in [3.05, 3.63) is 0 Å². The minimum absolute atomic E-state index is 0.00697. The van der Waals surface area contributed by atoms with Gasteiger partial charge in [0.1, 0.15) is 0 Å². The van der Waals surface area contributed by atoms with Crippen LogP contribution in [0.5, 0.6) is 0 Å². The third-order valence-corrected chi connectivity index (χ3v) is 4.21. The number of rotatable bonds is 5. The maximum absolute atomic E-state index is 11.8. The van der Waals surface area contributed by atoms with Crippen LogP contribution in [0.25, 0.3) is 0 Å². The molecule has 0 radical (unpaired) electrons. The average Bonchev–Trinajstić information content (AvgIpc) is 2.36. The molecule has 16 heavy (non-hydrogen) atoms. The number of amides is 1. The van der Waals surface area contributed by atoms with Crippen LogP contribution in [0.4, 0.5) is 0 Å². The first-order valence-electron chi connectivity index (χ1n) is 5.92. The van der Waals surface area contributed by atoms with Gasteiger partial charge in [0.2, 0.25) is 5.91 Å². The zero-order valence-corrected chi connectivity index (χ0v) is 10.9. The van der Waals surface area contributed by atoms with E-state index in [1.165, 1.54) is 0 Å². The monoisotopic (exact) mass is 246 g/mol. The Kier molecular flexibility index (Phi) is 5.58. The van der Waals surface area contributed by atoms with E-state index in [0.717, 1.165) is 18.1 Å². The molecule has 1 amide bonds. The van der Waals surface area contributed by atoms with Gasteiger partial charge in [-0.1, -0.05) is 13.8 Å². The summed E-state index contributed by atoms with van der Waals surface area (Å²) >= 11 is 1.79. The molecule has 0 aromatic heterocycles. The number of carbonyl (C=O) groups is 1. The first-order valence-corrected chi connectivity index (χ1v) is 7.08. The molecule has 5 heteroatoms. The number of hydrogen-bond acceptors (Lipinski definition) is 4. The maximum atomic E-state index is 11.8. The molecule has 0 aromatic carbocycles. The van der Waals surface area contributed by atoms with E-state index in [1.807, 2.05) is 13.8 Å². The second kappa shape index (κ2) is 6.47. The predicted molar refractivity (Wildman–Crippen MR) is 67.7 cm³/mol. The van der Waals surface area contributed by atoms with Crippen molar-refractivity contribution in [2.75, 3.05) is 24.6 Å². The van der Waals surface area contributed by atoms with Crippen molar-refractivity contribution in [2.45, 2.75) is 38.3 Å². The lowest BCUT2D eigenvalue weighted by Gasteiger charge is -2.28. The van der Waals surface area contributed by atoms with E-state index >= 15 is 0 Å². The smallest absolute Gasteiger partial charge is 0.238 e. The Labute approximate surface area is 102 Å². The minimum atomic E-state index is -0.753. The van der Waals surface area contributed by atoms with Crippen molar-refractivity contribution in [3.63, 3.8) is 0 Å². The van der Waals surface area contributed by atoms with Gasteiger partial charge in [-0.25, -0.2) is 0 Å². The summed E-state index contributed by atoms with van der Waals surface area (Å²) in [7, 11) is 0. The molecular formula is C11H22N2O2S. The van der Waals surface area contributed by atoms with Gasteiger partial charge in [0.15, 0.2) is 0 Å². The second-order valence-corrected chi connectivity index (χ2v) is 5.38. The summed E-state index contributed by atoms with van der Waals surface area (Å²) in [6.07, 6.45) is 1.33. The Hall–Kier alpha value is -0.260. The van der Waals surface area contributed by atoms with Crippen LogP contribution >= 0.6 is 11.8 Å². The lowest BCUT2D eigenvalue weighted by atomic mass is 9.97. The average molecular weight is 246 g/mol. The zero-order chi connectivity index (χ0) is 12.0. The highest BCUT2D eigenvalue weighted by molar-refractivity contribution is 7.99. The van der Waals surface area contributed by atoms with Gasteiger partial charge in [-0.3, -0.25) is 4.79 Å². The van der Waals surface area contributed by atoms with Gasteiger partial charge in [0, 0.05) is 24.6 Å². The third-order valence-electron chi connectivity index (χ3n) is 3.15. The fraction of sp³-hybridized carbons (Fsp3) is 0.909. The van der Waals surface area contributed by atoms with Crippen molar-refractivity contribution in [1.82, 2.24) is 10.6 Å². The molecule has 3 N–H and O–H groups in total. The van der Waals surface area contributed by atoms with Crippen molar-refractivity contribution in [3.8, 4) is 0 Å². The van der Waals surface area contributed by atoms with Gasteiger partial charge in [-0.05, 0) is 12.8 Å². The van der Waals surface area contributed by atoms with E-state index in [1.54, 1.807) is 11.8 Å². The van der Waals surface area contributed by atoms with Gasteiger partial charge in [-0.15, -0.1) is 0 Å². The number of nitrogens with one attached hydrogen (secondary N) is 2. The van der Waals surface area contributed by atoms with Crippen molar-refractivity contribution >= 4 is 17.7 Å².